The lowest BCUT2D eigenvalue weighted by molar-refractivity contribution is -0.118. The van der Waals surface area contributed by atoms with Crippen molar-refractivity contribution in [3.8, 4) is 0 Å². The molecule has 0 aromatic rings. The fourth-order valence-electron chi connectivity index (χ4n) is 2.97. The Bertz CT molecular complexity index is 287. The topological polar surface area (TPSA) is 44.4 Å². The van der Waals surface area contributed by atoms with Crippen molar-refractivity contribution in [3.05, 3.63) is 0 Å². The van der Waals surface area contributed by atoms with Gasteiger partial charge in [0.25, 0.3) is 0 Å². The summed E-state index contributed by atoms with van der Waals surface area (Å²) in [6.07, 6.45) is 4.87. The Hall–Kier alpha value is -0.260. The molecule has 2 saturated heterocycles. The molecule has 0 aliphatic carbocycles. The molecule has 4 nitrogen and oxygen atoms in total. The first kappa shape index (κ1) is 16.1. The van der Waals surface area contributed by atoms with Gasteiger partial charge < -0.3 is 15.5 Å². The van der Waals surface area contributed by atoms with Gasteiger partial charge in [-0.15, -0.1) is 11.8 Å². The quantitative estimate of drug-likeness (QED) is 0.776. The number of hydrogen-bond acceptors (Lipinski definition) is 4. The second-order valence-corrected chi connectivity index (χ2v) is 7.23. The molecule has 0 unspecified atom stereocenters. The highest BCUT2D eigenvalue weighted by atomic mass is 32.2. The van der Waals surface area contributed by atoms with Crippen LogP contribution in [0.15, 0.2) is 0 Å². The zero-order valence-electron chi connectivity index (χ0n) is 12.7. The van der Waals surface area contributed by atoms with Crippen LogP contribution in [-0.2, 0) is 4.79 Å². The molecule has 0 saturated carbocycles. The van der Waals surface area contributed by atoms with E-state index in [0.29, 0.717) is 16.9 Å². The van der Waals surface area contributed by atoms with Crippen molar-refractivity contribution in [2.45, 2.75) is 37.9 Å². The molecule has 2 N–H and O–H groups in total. The number of rotatable bonds is 6. The molecular weight excluding hydrogens is 270 g/mol. The number of amides is 1. The molecule has 2 rings (SSSR count). The summed E-state index contributed by atoms with van der Waals surface area (Å²) in [5.41, 5.74) is 0. The van der Waals surface area contributed by atoms with Crippen molar-refractivity contribution in [2.75, 3.05) is 45.0 Å². The average Bonchev–Trinajstić information content (AvgIpc) is 2.52. The number of nitrogens with zero attached hydrogens (tertiary/aromatic N) is 1. The van der Waals surface area contributed by atoms with Gasteiger partial charge in [-0.2, -0.15) is 0 Å². The predicted molar refractivity (Wildman–Crippen MR) is 86.2 cm³/mol. The van der Waals surface area contributed by atoms with Gasteiger partial charge in [-0.05, 0) is 64.3 Å². The van der Waals surface area contributed by atoms with Crippen molar-refractivity contribution < 1.29 is 4.79 Å². The Labute approximate surface area is 127 Å². The molecule has 20 heavy (non-hydrogen) atoms. The van der Waals surface area contributed by atoms with Crippen LogP contribution in [-0.4, -0.2) is 61.1 Å². The minimum Gasteiger partial charge on any atom is -0.355 e. The largest absolute Gasteiger partial charge is 0.355 e. The van der Waals surface area contributed by atoms with Gasteiger partial charge in [0.15, 0.2) is 0 Å². The van der Waals surface area contributed by atoms with E-state index < -0.39 is 0 Å². The summed E-state index contributed by atoms with van der Waals surface area (Å²) in [6.45, 7) is 8.86. The Balaban J connectivity index is 1.53. The van der Waals surface area contributed by atoms with Crippen molar-refractivity contribution in [3.63, 3.8) is 0 Å². The van der Waals surface area contributed by atoms with Gasteiger partial charge in [-0.25, -0.2) is 0 Å². The van der Waals surface area contributed by atoms with Gasteiger partial charge in [0.05, 0.1) is 5.75 Å². The Morgan fingerprint density at radius 2 is 1.95 bits per heavy atom. The van der Waals surface area contributed by atoms with Crippen molar-refractivity contribution in [2.24, 2.45) is 5.92 Å². The van der Waals surface area contributed by atoms with Crippen LogP contribution >= 0.6 is 11.8 Å². The normalized spacial score (nSPS) is 22.9. The lowest BCUT2D eigenvalue weighted by atomic mass is 9.97. The minimum absolute atomic E-state index is 0.228. The maximum absolute atomic E-state index is 11.9. The molecule has 0 aromatic heterocycles. The van der Waals surface area contributed by atoms with Gasteiger partial charge in [-0.3, -0.25) is 4.79 Å². The summed E-state index contributed by atoms with van der Waals surface area (Å²) >= 11 is 1.84. The summed E-state index contributed by atoms with van der Waals surface area (Å²) in [4.78, 5) is 14.4. The summed E-state index contributed by atoms with van der Waals surface area (Å²) in [5.74, 6) is 1.55. The van der Waals surface area contributed by atoms with Crippen LogP contribution < -0.4 is 10.6 Å². The van der Waals surface area contributed by atoms with Crippen molar-refractivity contribution in [1.82, 2.24) is 15.5 Å². The Morgan fingerprint density at radius 3 is 2.60 bits per heavy atom. The SMILES string of the molecule is CCN1CCC(CNC(=O)CSC2CCNCC2)CC1. The van der Waals surface area contributed by atoms with Crippen LogP contribution in [0, 0.1) is 5.92 Å². The van der Waals surface area contributed by atoms with E-state index in [4.69, 9.17) is 0 Å². The molecule has 1 amide bonds. The molecule has 5 heteroatoms. The van der Waals surface area contributed by atoms with E-state index in [9.17, 15) is 4.79 Å². The molecule has 2 aliphatic heterocycles. The molecule has 2 fully saturated rings. The maximum atomic E-state index is 11.9. The van der Waals surface area contributed by atoms with Crippen LogP contribution in [0.1, 0.15) is 32.6 Å². The highest BCUT2D eigenvalue weighted by Crippen LogP contribution is 2.20. The van der Waals surface area contributed by atoms with E-state index >= 15 is 0 Å². The summed E-state index contributed by atoms with van der Waals surface area (Å²) < 4.78 is 0. The van der Waals surface area contributed by atoms with Gasteiger partial charge in [-0.1, -0.05) is 6.92 Å². The second-order valence-electron chi connectivity index (χ2n) is 5.94. The number of carbonyl (C=O) groups is 1. The number of nitrogens with one attached hydrogen (secondary N) is 2. The second kappa shape index (κ2) is 8.90. The van der Waals surface area contributed by atoms with Gasteiger partial charge >= 0.3 is 0 Å². The summed E-state index contributed by atoms with van der Waals surface area (Å²) in [6, 6.07) is 0. The third-order valence-corrected chi connectivity index (χ3v) is 5.85. The van der Waals surface area contributed by atoms with E-state index in [1.165, 1.54) is 38.8 Å². The zero-order valence-corrected chi connectivity index (χ0v) is 13.5. The van der Waals surface area contributed by atoms with Crippen LogP contribution in [0.4, 0.5) is 0 Å². The van der Waals surface area contributed by atoms with E-state index in [-0.39, 0.29) is 5.91 Å². The molecule has 2 aliphatic rings. The molecular formula is C15H29N3OS. The van der Waals surface area contributed by atoms with Crippen LogP contribution in [0.5, 0.6) is 0 Å². The first-order chi connectivity index (χ1) is 9.78. The number of likely N-dealkylation sites (tertiary alicyclic amines) is 1. The molecule has 0 atom stereocenters. The molecule has 2 heterocycles. The van der Waals surface area contributed by atoms with Gasteiger partial charge in [0.2, 0.25) is 5.91 Å². The first-order valence-electron chi connectivity index (χ1n) is 8.09. The Kier molecular flexibility index (Phi) is 7.17. The maximum Gasteiger partial charge on any atom is 0.230 e. The number of carbonyl (C=O) groups excluding carboxylic acids is 1. The fourth-order valence-corrected chi connectivity index (χ4v) is 4.03. The standard InChI is InChI=1S/C15H29N3OS/c1-2-18-9-5-13(6-10-18)11-17-15(19)12-20-14-3-7-16-8-4-14/h13-14,16H,2-12H2,1H3,(H,17,19). The van der Waals surface area contributed by atoms with E-state index in [1.54, 1.807) is 0 Å². The van der Waals surface area contributed by atoms with Gasteiger partial charge in [0, 0.05) is 11.8 Å². The molecule has 0 radical (unpaired) electrons. The van der Waals surface area contributed by atoms with Crippen LogP contribution in [0.3, 0.4) is 0 Å². The van der Waals surface area contributed by atoms with E-state index in [0.717, 1.165) is 26.2 Å². The van der Waals surface area contributed by atoms with Crippen LogP contribution in [0.2, 0.25) is 0 Å². The number of piperidine rings is 2. The van der Waals surface area contributed by atoms with Crippen molar-refractivity contribution in [1.29, 1.82) is 0 Å². The lowest BCUT2D eigenvalue weighted by Crippen LogP contribution is -2.39. The highest BCUT2D eigenvalue weighted by molar-refractivity contribution is 8.00. The molecule has 116 valence electrons. The molecule has 0 bridgehead atoms. The summed E-state index contributed by atoms with van der Waals surface area (Å²) in [5, 5.41) is 7.17. The predicted octanol–water partition coefficient (Wildman–Crippen LogP) is 1.32. The Morgan fingerprint density at radius 1 is 1.25 bits per heavy atom. The van der Waals surface area contributed by atoms with Crippen molar-refractivity contribution >= 4 is 17.7 Å². The molecule has 0 spiro atoms. The average molecular weight is 299 g/mol. The minimum atomic E-state index is 0.228. The number of hydrogen-bond donors (Lipinski definition) is 2. The van der Waals surface area contributed by atoms with E-state index in [2.05, 4.69) is 22.5 Å². The van der Waals surface area contributed by atoms with Gasteiger partial charge in [0.1, 0.15) is 0 Å². The zero-order chi connectivity index (χ0) is 14.2. The summed E-state index contributed by atoms with van der Waals surface area (Å²) in [7, 11) is 0. The van der Waals surface area contributed by atoms with E-state index in [1.807, 2.05) is 11.8 Å². The lowest BCUT2D eigenvalue weighted by Gasteiger charge is -2.31. The third kappa shape index (κ3) is 5.62. The number of thioether (sulfide) groups is 1. The smallest absolute Gasteiger partial charge is 0.230 e. The van der Waals surface area contributed by atoms with Crippen LogP contribution in [0.25, 0.3) is 0 Å². The fraction of sp³-hybridized carbons (Fsp3) is 0.933. The third-order valence-electron chi connectivity index (χ3n) is 4.48. The highest BCUT2D eigenvalue weighted by Gasteiger charge is 2.19. The molecule has 0 aromatic carbocycles. The monoisotopic (exact) mass is 299 g/mol. The first-order valence-corrected chi connectivity index (χ1v) is 9.14.